The van der Waals surface area contributed by atoms with Crippen LogP contribution in [0.3, 0.4) is 0 Å². The molecule has 2 aliphatic heterocycles. The standard InChI is InChI=1S/C22H13FN2O4/c23-15-7-9-16(10-8-15)25-21(27)17-18(24-29-20(17)22(25)28)19(26)14-6-5-12-3-1-2-4-13(12)11-14/h1-11,17,20H/t17-,20-/m1/s1. The molecule has 0 bridgehead atoms. The summed E-state index contributed by atoms with van der Waals surface area (Å²) < 4.78 is 13.2. The third-order valence-corrected chi connectivity index (χ3v) is 5.14. The number of rotatable bonds is 3. The van der Waals surface area contributed by atoms with E-state index in [0.717, 1.165) is 27.8 Å². The lowest BCUT2D eigenvalue weighted by molar-refractivity contribution is -0.126. The summed E-state index contributed by atoms with van der Waals surface area (Å²) in [5.41, 5.74) is 0.470. The molecular weight excluding hydrogens is 375 g/mol. The fraction of sp³-hybridized carbons (Fsp3) is 0.0909. The van der Waals surface area contributed by atoms with Crippen LogP contribution in [-0.2, 0) is 14.4 Å². The average molecular weight is 388 g/mol. The van der Waals surface area contributed by atoms with Crippen molar-refractivity contribution < 1.29 is 23.6 Å². The fourth-order valence-corrected chi connectivity index (χ4v) is 3.69. The number of ketones is 1. The van der Waals surface area contributed by atoms with Gasteiger partial charge in [-0.1, -0.05) is 41.6 Å². The summed E-state index contributed by atoms with van der Waals surface area (Å²) in [4.78, 5) is 44.7. The summed E-state index contributed by atoms with van der Waals surface area (Å²) in [6.45, 7) is 0. The fourth-order valence-electron chi connectivity index (χ4n) is 3.69. The molecule has 29 heavy (non-hydrogen) atoms. The highest BCUT2D eigenvalue weighted by Crippen LogP contribution is 2.34. The van der Waals surface area contributed by atoms with E-state index in [-0.39, 0.29) is 11.4 Å². The number of anilines is 1. The Bertz CT molecular complexity index is 1220. The molecule has 3 aromatic rings. The van der Waals surface area contributed by atoms with Gasteiger partial charge < -0.3 is 4.84 Å². The average Bonchev–Trinajstić information content (AvgIpc) is 3.28. The number of hydrogen-bond donors (Lipinski definition) is 0. The van der Waals surface area contributed by atoms with Crippen molar-refractivity contribution in [2.24, 2.45) is 11.1 Å². The minimum atomic E-state index is -1.19. The van der Waals surface area contributed by atoms with Gasteiger partial charge in [0.2, 0.25) is 17.8 Å². The summed E-state index contributed by atoms with van der Waals surface area (Å²) in [6, 6.07) is 17.7. The molecule has 2 amide bonds. The molecular formula is C22H13FN2O4. The number of carbonyl (C=O) groups is 3. The predicted octanol–water partition coefficient (Wildman–Crippen LogP) is 3.11. The van der Waals surface area contributed by atoms with Crippen LogP contribution in [0.5, 0.6) is 0 Å². The van der Waals surface area contributed by atoms with Gasteiger partial charge in [-0.25, -0.2) is 9.29 Å². The number of Topliss-reactive ketones (excluding diaryl/α,β-unsaturated/α-hetero) is 1. The SMILES string of the molecule is O=C(C1=NO[C@H]2C(=O)N(c3ccc(F)cc3)C(=O)[C@H]12)c1ccc2ccccc2c1. The quantitative estimate of drug-likeness (QED) is 0.510. The van der Waals surface area contributed by atoms with Crippen LogP contribution in [0.4, 0.5) is 10.1 Å². The van der Waals surface area contributed by atoms with Crippen molar-refractivity contribution >= 4 is 39.8 Å². The van der Waals surface area contributed by atoms with Crippen molar-refractivity contribution in [1.82, 2.24) is 0 Å². The number of amides is 2. The maximum Gasteiger partial charge on any atom is 0.278 e. The molecule has 1 saturated heterocycles. The second-order valence-electron chi connectivity index (χ2n) is 6.86. The summed E-state index contributed by atoms with van der Waals surface area (Å²) in [6.07, 6.45) is -1.19. The molecule has 0 unspecified atom stereocenters. The molecule has 2 atom stereocenters. The van der Waals surface area contributed by atoms with Gasteiger partial charge in [0.05, 0.1) is 5.69 Å². The van der Waals surface area contributed by atoms with Crippen LogP contribution in [-0.4, -0.2) is 29.4 Å². The maximum atomic E-state index is 13.2. The normalized spacial score (nSPS) is 20.6. The Labute approximate surface area is 164 Å². The second-order valence-corrected chi connectivity index (χ2v) is 6.86. The van der Waals surface area contributed by atoms with E-state index in [4.69, 9.17) is 4.84 Å². The van der Waals surface area contributed by atoms with Crippen molar-refractivity contribution in [3.8, 4) is 0 Å². The molecule has 0 radical (unpaired) electrons. The summed E-state index contributed by atoms with van der Waals surface area (Å²) >= 11 is 0. The van der Waals surface area contributed by atoms with Gasteiger partial charge in [-0.3, -0.25) is 14.4 Å². The molecule has 5 rings (SSSR count). The van der Waals surface area contributed by atoms with Crippen molar-refractivity contribution in [2.75, 3.05) is 4.90 Å². The van der Waals surface area contributed by atoms with E-state index in [1.807, 2.05) is 30.3 Å². The molecule has 6 nitrogen and oxygen atoms in total. The van der Waals surface area contributed by atoms with Crippen LogP contribution < -0.4 is 4.90 Å². The lowest BCUT2D eigenvalue weighted by atomic mass is 9.92. The van der Waals surface area contributed by atoms with Crippen molar-refractivity contribution in [3.63, 3.8) is 0 Å². The van der Waals surface area contributed by atoms with E-state index in [1.165, 1.54) is 12.1 Å². The zero-order valence-electron chi connectivity index (χ0n) is 14.9. The summed E-state index contributed by atoms with van der Waals surface area (Å²) in [5.74, 6) is -3.32. The highest BCUT2D eigenvalue weighted by Gasteiger charge is 2.57. The van der Waals surface area contributed by atoms with Crippen LogP contribution in [0.25, 0.3) is 10.8 Å². The van der Waals surface area contributed by atoms with Crippen LogP contribution >= 0.6 is 0 Å². The van der Waals surface area contributed by atoms with Crippen molar-refractivity contribution in [1.29, 1.82) is 0 Å². The molecule has 0 saturated carbocycles. The highest BCUT2D eigenvalue weighted by molar-refractivity contribution is 6.52. The zero-order valence-corrected chi connectivity index (χ0v) is 14.9. The largest absolute Gasteiger partial charge is 0.381 e. The third-order valence-electron chi connectivity index (χ3n) is 5.14. The maximum absolute atomic E-state index is 13.2. The Kier molecular flexibility index (Phi) is 3.77. The number of hydrogen-bond acceptors (Lipinski definition) is 5. The van der Waals surface area contributed by atoms with Gasteiger partial charge in [0.15, 0.2) is 0 Å². The topological polar surface area (TPSA) is 76.0 Å². The van der Waals surface area contributed by atoms with Crippen molar-refractivity contribution in [2.45, 2.75) is 6.10 Å². The first kappa shape index (κ1) is 17.2. The summed E-state index contributed by atoms with van der Waals surface area (Å²) in [5, 5.41) is 5.60. The number of nitrogens with zero attached hydrogens (tertiary/aromatic N) is 2. The molecule has 142 valence electrons. The molecule has 0 aromatic heterocycles. The molecule has 0 N–H and O–H groups in total. The zero-order chi connectivity index (χ0) is 20.1. The Hall–Kier alpha value is -3.87. The third kappa shape index (κ3) is 2.62. The van der Waals surface area contributed by atoms with Gasteiger partial charge in [-0.15, -0.1) is 0 Å². The number of halogens is 1. The minimum absolute atomic E-state index is 0.103. The Morgan fingerprint density at radius 2 is 1.66 bits per heavy atom. The molecule has 2 heterocycles. The van der Waals surface area contributed by atoms with Gasteiger partial charge in [-0.2, -0.15) is 0 Å². The molecule has 3 aromatic carbocycles. The predicted molar refractivity (Wildman–Crippen MR) is 103 cm³/mol. The van der Waals surface area contributed by atoms with Gasteiger partial charge in [0, 0.05) is 5.56 Å². The monoisotopic (exact) mass is 388 g/mol. The molecule has 0 aliphatic carbocycles. The minimum Gasteiger partial charge on any atom is -0.381 e. The number of fused-ring (bicyclic) bond motifs is 2. The van der Waals surface area contributed by atoms with Gasteiger partial charge in [0.1, 0.15) is 17.4 Å². The lowest BCUT2D eigenvalue weighted by Gasteiger charge is -2.15. The van der Waals surface area contributed by atoms with Crippen LogP contribution in [0.1, 0.15) is 10.4 Å². The Balaban J connectivity index is 1.48. The van der Waals surface area contributed by atoms with E-state index in [1.54, 1.807) is 12.1 Å². The number of imide groups is 1. The first-order valence-corrected chi connectivity index (χ1v) is 8.95. The molecule has 1 fully saturated rings. The van der Waals surface area contributed by atoms with Gasteiger partial charge in [0.25, 0.3) is 5.91 Å². The van der Waals surface area contributed by atoms with E-state index in [2.05, 4.69) is 5.16 Å². The van der Waals surface area contributed by atoms with Gasteiger partial charge in [-0.05, 0) is 41.1 Å². The highest BCUT2D eigenvalue weighted by atomic mass is 19.1. The van der Waals surface area contributed by atoms with Crippen LogP contribution in [0.2, 0.25) is 0 Å². The Morgan fingerprint density at radius 3 is 2.41 bits per heavy atom. The van der Waals surface area contributed by atoms with Gasteiger partial charge >= 0.3 is 0 Å². The Morgan fingerprint density at radius 1 is 0.931 bits per heavy atom. The lowest BCUT2D eigenvalue weighted by Crippen LogP contribution is -2.34. The summed E-state index contributed by atoms with van der Waals surface area (Å²) in [7, 11) is 0. The van der Waals surface area contributed by atoms with E-state index >= 15 is 0 Å². The molecule has 0 spiro atoms. The number of oxime groups is 1. The molecule has 2 aliphatic rings. The molecule has 7 heteroatoms. The van der Waals surface area contributed by atoms with Crippen molar-refractivity contribution in [3.05, 3.63) is 78.1 Å². The van der Waals surface area contributed by atoms with E-state index in [0.29, 0.717) is 5.56 Å². The first-order valence-electron chi connectivity index (χ1n) is 8.95. The number of carbonyl (C=O) groups excluding carboxylic acids is 3. The van der Waals surface area contributed by atoms with E-state index < -0.39 is 35.4 Å². The van der Waals surface area contributed by atoms with Crippen LogP contribution in [0, 0.1) is 11.7 Å². The number of benzene rings is 3. The first-order chi connectivity index (χ1) is 14.0. The second kappa shape index (κ2) is 6.34. The smallest absolute Gasteiger partial charge is 0.278 e. The van der Waals surface area contributed by atoms with Crippen LogP contribution in [0.15, 0.2) is 71.9 Å². The van der Waals surface area contributed by atoms with E-state index in [9.17, 15) is 18.8 Å².